The molecule has 0 atom stereocenters. The molecule has 0 N–H and O–H groups in total. The molecule has 0 heteroatoms. The molecule has 6 aromatic rings. The molecule has 6 aromatic carbocycles. The van der Waals surface area contributed by atoms with Gasteiger partial charge in [0.25, 0.3) is 0 Å². The molecule has 0 fully saturated rings. The van der Waals surface area contributed by atoms with Crippen molar-refractivity contribution in [3.63, 3.8) is 0 Å². The first-order chi connectivity index (χ1) is 22.9. The van der Waals surface area contributed by atoms with Gasteiger partial charge in [0.05, 0.1) is 0 Å². The van der Waals surface area contributed by atoms with Crippen molar-refractivity contribution in [1.29, 1.82) is 0 Å². The fraction of sp³-hybridized carbons (Fsp3) is 0.234. The van der Waals surface area contributed by atoms with Gasteiger partial charge in [0.1, 0.15) is 0 Å². The quantitative estimate of drug-likeness (QED) is 0.174. The molecule has 0 aliphatic heterocycles. The summed E-state index contributed by atoms with van der Waals surface area (Å²) in [6, 6.07) is 53.9. The Balaban J connectivity index is 0.000000210. The van der Waals surface area contributed by atoms with E-state index in [0.717, 1.165) is 0 Å². The van der Waals surface area contributed by atoms with Gasteiger partial charge in [-0.15, -0.1) is 0 Å². The Morgan fingerprint density at radius 1 is 0.447 bits per heavy atom. The van der Waals surface area contributed by atoms with Crippen molar-refractivity contribution in [2.24, 2.45) is 0 Å². The van der Waals surface area contributed by atoms with Crippen LogP contribution in [0, 0.1) is 20.8 Å². The molecule has 47 heavy (non-hydrogen) atoms. The molecule has 0 spiro atoms. The number of aryl methyl sites for hydroxylation is 4. The maximum Gasteiger partial charge on any atom is -0.0140 e. The normalized spacial score (nSPS) is 10.1. The second-order valence-electron chi connectivity index (χ2n) is 12.1. The molecular weight excluding hydrogens is 565 g/mol. The third-order valence-corrected chi connectivity index (χ3v) is 8.00. The lowest BCUT2D eigenvalue weighted by Gasteiger charge is -2.17. The Morgan fingerprint density at radius 2 is 0.979 bits per heavy atom. The number of rotatable bonds is 6. The minimum absolute atomic E-state index is 0.511. The van der Waals surface area contributed by atoms with Crippen LogP contribution >= 0.6 is 0 Å². The Morgan fingerprint density at radius 3 is 1.57 bits per heavy atom. The molecule has 6 rings (SSSR count). The van der Waals surface area contributed by atoms with E-state index in [9.17, 15) is 0 Å². The van der Waals surface area contributed by atoms with Crippen molar-refractivity contribution in [2.45, 2.75) is 74.1 Å². The van der Waals surface area contributed by atoms with E-state index < -0.39 is 0 Å². The minimum Gasteiger partial charge on any atom is -0.0683 e. The molecule has 0 bridgehead atoms. The van der Waals surface area contributed by atoms with Crippen LogP contribution in [-0.2, 0) is 6.42 Å². The number of benzene rings is 6. The van der Waals surface area contributed by atoms with Crippen LogP contribution in [0.1, 0.15) is 74.8 Å². The molecule has 0 saturated carbocycles. The Bertz CT molecular complexity index is 1730. The molecule has 0 heterocycles. The van der Waals surface area contributed by atoms with Crippen LogP contribution in [0.3, 0.4) is 0 Å². The lowest BCUT2D eigenvalue weighted by atomic mass is 9.88. The summed E-state index contributed by atoms with van der Waals surface area (Å²) in [6.07, 6.45) is 2.45. The molecule has 0 aromatic heterocycles. The fourth-order valence-electron chi connectivity index (χ4n) is 5.48. The van der Waals surface area contributed by atoms with E-state index in [1.165, 1.54) is 74.0 Å². The highest BCUT2D eigenvalue weighted by atomic mass is 14.2. The highest BCUT2D eigenvalue weighted by molar-refractivity contribution is 5.77. The van der Waals surface area contributed by atoms with Crippen LogP contribution in [0.5, 0.6) is 0 Å². The minimum atomic E-state index is 0.511. The second-order valence-corrected chi connectivity index (χ2v) is 12.1. The van der Waals surface area contributed by atoms with E-state index >= 15 is 0 Å². The van der Waals surface area contributed by atoms with Crippen LogP contribution in [0.25, 0.3) is 33.4 Å². The van der Waals surface area contributed by atoms with E-state index in [2.05, 4.69) is 187 Å². The van der Waals surface area contributed by atoms with Gasteiger partial charge in [-0.2, -0.15) is 0 Å². The van der Waals surface area contributed by atoms with Crippen LogP contribution in [0.4, 0.5) is 0 Å². The van der Waals surface area contributed by atoms with Crippen molar-refractivity contribution >= 4 is 0 Å². The zero-order chi connectivity index (χ0) is 34.0. The topological polar surface area (TPSA) is 0 Å². The lowest BCUT2D eigenvalue weighted by Crippen LogP contribution is -1.95. The first-order valence-corrected chi connectivity index (χ1v) is 17.3. The Kier molecular flexibility index (Phi) is 15.5. The third kappa shape index (κ3) is 11.6. The maximum atomic E-state index is 2.35. The highest BCUT2D eigenvalue weighted by Gasteiger charge is 2.12. The molecule has 0 saturated heterocycles. The predicted molar refractivity (Wildman–Crippen MR) is 209 cm³/mol. The number of hydrogen-bond donors (Lipinski definition) is 0. The molecule has 0 aliphatic rings. The summed E-state index contributed by atoms with van der Waals surface area (Å²) in [6.45, 7) is 17.2. The molecule has 242 valence electrons. The van der Waals surface area contributed by atoms with Crippen molar-refractivity contribution in [1.82, 2.24) is 0 Å². The summed E-state index contributed by atoms with van der Waals surface area (Å²) < 4.78 is 0. The van der Waals surface area contributed by atoms with E-state index in [-0.39, 0.29) is 0 Å². The zero-order valence-corrected chi connectivity index (χ0v) is 29.9. The van der Waals surface area contributed by atoms with Crippen LogP contribution in [-0.4, -0.2) is 0 Å². The van der Waals surface area contributed by atoms with Gasteiger partial charge >= 0.3 is 0 Å². The molecular formula is C47H54. The van der Waals surface area contributed by atoms with Gasteiger partial charge in [-0.25, -0.2) is 0 Å². The molecule has 0 radical (unpaired) electrons. The predicted octanol–water partition coefficient (Wildman–Crippen LogP) is 14.1. The summed E-state index contributed by atoms with van der Waals surface area (Å²) in [5.41, 5.74) is 14.6. The van der Waals surface area contributed by atoms with Gasteiger partial charge in [0.2, 0.25) is 0 Å². The summed E-state index contributed by atoms with van der Waals surface area (Å²) in [5.74, 6) is 0.511. The van der Waals surface area contributed by atoms with E-state index in [4.69, 9.17) is 0 Å². The molecule has 0 aliphatic carbocycles. The highest BCUT2D eigenvalue weighted by Crippen LogP contribution is 2.35. The molecule has 0 unspecified atom stereocenters. The van der Waals surface area contributed by atoms with E-state index in [1.807, 2.05) is 19.9 Å². The summed E-state index contributed by atoms with van der Waals surface area (Å²) in [5, 5.41) is 0. The summed E-state index contributed by atoms with van der Waals surface area (Å²) in [4.78, 5) is 0. The third-order valence-electron chi connectivity index (χ3n) is 8.00. The van der Waals surface area contributed by atoms with E-state index in [0.29, 0.717) is 5.92 Å². The largest absolute Gasteiger partial charge is 0.0683 e. The van der Waals surface area contributed by atoms with Crippen LogP contribution in [0.15, 0.2) is 152 Å². The van der Waals surface area contributed by atoms with Crippen molar-refractivity contribution in [2.75, 3.05) is 0 Å². The number of hydrogen-bond acceptors (Lipinski definition) is 0. The Hall–Kier alpha value is -4.68. The Labute approximate surface area is 286 Å². The van der Waals surface area contributed by atoms with Crippen LogP contribution in [0.2, 0.25) is 0 Å². The molecule has 0 nitrogen and oxygen atoms in total. The van der Waals surface area contributed by atoms with Crippen LogP contribution < -0.4 is 0 Å². The van der Waals surface area contributed by atoms with Gasteiger partial charge in [-0.3, -0.25) is 0 Å². The van der Waals surface area contributed by atoms with E-state index in [1.54, 1.807) is 0 Å². The van der Waals surface area contributed by atoms with Gasteiger partial charge in [0, 0.05) is 0 Å². The van der Waals surface area contributed by atoms with Crippen molar-refractivity contribution in [3.05, 3.63) is 179 Å². The fourth-order valence-corrected chi connectivity index (χ4v) is 5.48. The van der Waals surface area contributed by atoms with Crippen molar-refractivity contribution in [3.8, 4) is 33.4 Å². The average molecular weight is 619 g/mol. The monoisotopic (exact) mass is 618 g/mol. The lowest BCUT2D eigenvalue weighted by molar-refractivity contribution is 0.869. The second kappa shape index (κ2) is 19.7. The summed E-state index contributed by atoms with van der Waals surface area (Å²) in [7, 11) is 0. The first kappa shape index (κ1) is 36.8. The maximum absolute atomic E-state index is 2.35. The first-order valence-electron chi connectivity index (χ1n) is 17.3. The van der Waals surface area contributed by atoms with Gasteiger partial charge in [0.15, 0.2) is 0 Å². The SMILES string of the molecule is CC.CCCc1ccccc1.Cc1ccc(-c2ccc(C(C)C)c(-c3ccccc3C)c2)cc1.Cc1cccc(-c2ccccc2)c1. The zero-order valence-electron chi connectivity index (χ0n) is 29.9. The smallest absolute Gasteiger partial charge is 0.0140 e. The van der Waals surface area contributed by atoms with Gasteiger partial charge in [-0.05, 0) is 89.2 Å². The van der Waals surface area contributed by atoms with Gasteiger partial charge in [-0.1, -0.05) is 198 Å². The standard InChI is InChI=1S/C23H24.C13H12.C9H12.C2H6/c1-16(2)21-14-13-20(19-11-9-17(3)10-12-19)15-23(21)22-8-6-5-7-18(22)4;1-11-6-5-9-13(10-11)12-7-3-2-4-8-12;1-2-6-9-7-4-3-5-8-9;1-2/h5-16H,1-4H3;2-10H,1H3;3-5,7-8H,2,6H2,1H3;1-2H3. The average Bonchev–Trinajstić information content (AvgIpc) is 3.11. The molecule has 0 amide bonds. The summed E-state index contributed by atoms with van der Waals surface area (Å²) >= 11 is 0. The van der Waals surface area contributed by atoms with Gasteiger partial charge < -0.3 is 0 Å². The van der Waals surface area contributed by atoms with Crippen molar-refractivity contribution < 1.29 is 0 Å².